The number of hydrogen-bond acceptors (Lipinski definition) is 9. The predicted octanol–water partition coefficient (Wildman–Crippen LogP) is 2.99. The Hall–Kier alpha value is -2.04. The number of carbonyl (C=O) groups is 2. The molecule has 4 N–H and O–H groups in total. The number of carbonyl (C=O) groups excluding carboxylic acids is 2. The van der Waals surface area contributed by atoms with Crippen molar-refractivity contribution >= 4 is 11.9 Å². The van der Waals surface area contributed by atoms with E-state index in [1.54, 1.807) is 18.2 Å². The first-order valence-electron chi connectivity index (χ1n) is 14.0. The minimum Gasteiger partial charge on any atom is -0.457 e. The van der Waals surface area contributed by atoms with Gasteiger partial charge in [0, 0.05) is 24.7 Å². The highest BCUT2D eigenvalue weighted by Crippen LogP contribution is 2.37. The molecule has 0 radical (unpaired) electrons. The zero-order valence-corrected chi connectivity index (χ0v) is 24.3. The van der Waals surface area contributed by atoms with Gasteiger partial charge in [-0.2, -0.15) is 0 Å². The van der Waals surface area contributed by atoms with Crippen molar-refractivity contribution in [2.24, 2.45) is 17.8 Å². The minimum absolute atomic E-state index is 0.0547. The molecule has 0 aromatic rings. The third-order valence-electron chi connectivity index (χ3n) is 7.82. The van der Waals surface area contributed by atoms with E-state index < -0.39 is 48.1 Å². The molecule has 39 heavy (non-hydrogen) atoms. The molecule has 0 aliphatic carbocycles. The molecular weight excluding hydrogens is 504 g/mol. The van der Waals surface area contributed by atoms with E-state index in [4.69, 9.17) is 14.2 Å². The molecule has 0 bridgehead atoms. The highest BCUT2D eigenvalue weighted by Gasteiger charge is 2.50. The molecule has 0 amide bonds. The topological polar surface area (TPSA) is 146 Å². The van der Waals surface area contributed by atoms with Gasteiger partial charge in [-0.05, 0) is 44.8 Å². The van der Waals surface area contributed by atoms with Crippen molar-refractivity contribution in [3.05, 3.63) is 36.0 Å². The van der Waals surface area contributed by atoms with Crippen LogP contribution in [0.5, 0.6) is 0 Å². The molecule has 9 heteroatoms. The standard InChI is InChI=1S/C30H48O9/c1-8-23(33)20(5)28-29(39-28)26(35)17(2)10-9-11-18(3)27-19(4)12-13-24(37-21(6)31)30(7,36)15-14-22(32)16-25(34)38-27/h9-13,17,19-20,22-24,26-29,32-33,35-36H,8,14-16H2,1-7H3. The summed E-state index contributed by atoms with van der Waals surface area (Å²) in [6.45, 7) is 12.2. The normalized spacial score (nSPS) is 35.8. The van der Waals surface area contributed by atoms with E-state index in [1.807, 2.05) is 46.8 Å². The molecule has 2 aliphatic heterocycles. The van der Waals surface area contributed by atoms with Crippen molar-refractivity contribution in [2.45, 2.75) is 122 Å². The summed E-state index contributed by atoms with van der Waals surface area (Å²) in [5.41, 5.74) is -0.691. The first kappa shape index (κ1) is 33.2. The number of cyclic esters (lactones) is 1. The van der Waals surface area contributed by atoms with E-state index in [2.05, 4.69) is 0 Å². The molecule has 9 nitrogen and oxygen atoms in total. The fourth-order valence-electron chi connectivity index (χ4n) is 4.94. The quantitative estimate of drug-likeness (QED) is 0.147. The van der Waals surface area contributed by atoms with Crippen LogP contribution in [0.15, 0.2) is 36.0 Å². The fourth-order valence-corrected chi connectivity index (χ4v) is 4.94. The lowest BCUT2D eigenvalue weighted by molar-refractivity contribution is -0.157. The summed E-state index contributed by atoms with van der Waals surface area (Å²) in [4.78, 5) is 24.3. The molecule has 1 saturated heterocycles. The lowest BCUT2D eigenvalue weighted by Gasteiger charge is -2.32. The minimum atomic E-state index is -1.43. The highest BCUT2D eigenvalue weighted by atomic mass is 16.6. The molecule has 2 heterocycles. The summed E-state index contributed by atoms with van der Waals surface area (Å²) < 4.78 is 16.8. The number of epoxide rings is 1. The van der Waals surface area contributed by atoms with Crippen LogP contribution in [0, 0.1) is 17.8 Å². The SMILES string of the molecule is CCC(O)C(C)C1OC1C(O)C(C)C=CC=C(C)C1OC(=O)CC(O)CCC(C)(O)C(OC(C)=O)C=CC1C. The molecule has 0 saturated carbocycles. The van der Waals surface area contributed by atoms with Crippen molar-refractivity contribution in [3.8, 4) is 0 Å². The second-order valence-electron chi connectivity index (χ2n) is 11.5. The van der Waals surface area contributed by atoms with E-state index in [0.29, 0.717) is 6.42 Å². The second-order valence-corrected chi connectivity index (χ2v) is 11.5. The largest absolute Gasteiger partial charge is 0.457 e. The van der Waals surface area contributed by atoms with Gasteiger partial charge in [0.1, 0.15) is 23.9 Å². The molecule has 222 valence electrons. The Morgan fingerprint density at radius 2 is 1.90 bits per heavy atom. The van der Waals surface area contributed by atoms with Crippen molar-refractivity contribution < 1.29 is 44.2 Å². The van der Waals surface area contributed by atoms with E-state index in [-0.39, 0.29) is 49.2 Å². The Bertz CT molecular complexity index is 908. The second kappa shape index (κ2) is 14.6. The number of aliphatic hydroxyl groups excluding tert-OH is 3. The smallest absolute Gasteiger partial charge is 0.309 e. The Morgan fingerprint density at radius 1 is 1.23 bits per heavy atom. The number of allylic oxidation sites excluding steroid dienone is 2. The van der Waals surface area contributed by atoms with Crippen LogP contribution in [-0.4, -0.2) is 80.7 Å². The van der Waals surface area contributed by atoms with Gasteiger partial charge in [0.15, 0.2) is 0 Å². The van der Waals surface area contributed by atoms with Crippen LogP contribution in [-0.2, 0) is 23.8 Å². The predicted molar refractivity (Wildman–Crippen MR) is 146 cm³/mol. The van der Waals surface area contributed by atoms with Crippen molar-refractivity contribution in [1.29, 1.82) is 0 Å². The Balaban J connectivity index is 2.17. The Kier molecular flexibility index (Phi) is 12.4. The maximum Gasteiger partial charge on any atom is 0.309 e. The van der Waals surface area contributed by atoms with Crippen LogP contribution in [0.3, 0.4) is 0 Å². The zero-order valence-electron chi connectivity index (χ0n) is 24.3. The molecule has 0 spiro atoms. The van der Waals surface area contributed by atoms with Crippen LogP contribution in [0.2, 0.25) is 0 Å². The van der Waals surface area contributed by atoms with Gasteiger partial charge in [-0.1, -0.05) is 52.0 Å². The number of hydrogen-bond donors (Lipinski definition) is 4. The monoisotopic (exact) mass is 552 g/mol. The average Bonchev–Trinajstić information content (AvgIpc) is 3.66. The van der Waals surface area contributed by atoms with Crippen LogP contribution in [0.4, 0.5) is 0 Å². The molecule has 11 unspecified atom stereocenters. The molecule has 0 aromatic carbocycles. The molecule has 11 atom stereocenters. The fraction of sp³-hybridized carbons (Fsp3) is 0.733. The van der Waals surface area contributed by atoms with Crippen molar-refractivity contribution in [2.75, 3.05) is 0 Å². The number of aliphatic hydroxyl groups is 4. The number of esters is 2. The first-order chi connectivity index (χ1) is 18.2. The summed E-state index contributed by atoms with van der Waals surface area (Å²) in [6, 6.07) is 0. The number of ether oxygens (including phenoxy) is 3. The van der Waals surface area contributed by atoms with E-state index in [9.17, 15) is 30.0 Å². The number of rotatable bonds is 9. The van der Waals surface area contributed by atoms with Crippen LogP contribution in [0.1, 0.15) is 74.1 Å². The lowest BCUT2D eigenvalue weighted by Crippen LogP contribution is -2.42. The van der Waals surface area contributed by atoms with Gasteiger partial charge in [-0.25, -0.2) is 0 Å². The van der Waals surface area contributed by atoms with Crippen LogP contribution in [0.25, 0.3) is 0 Å². The summed E-state index contributed by atoms with van der Waals surface area (Å²) >= 11 is 0. The Morgan fingerprint density at radius 3 is 2.51 bits per heavy atom. The van der Waals surface area contributed by atoms with Gasteiger partial charge in [0.2, 0.25) is 0 Å². The van der Waals surface area contributed by atoms with Gasteiger partial charge >= 0.3 is 11.9 Å². The van der Waals surface area contributed by atoms with E-state index in [1.165, 1.54) is 13.8 Å². The average molecular weight is 553 g/mol. The lowest BCUT2D eigenvalue weighted by atomic mass is 9.88. The van der Waals surface area contributed by atoms with Gasteiger partial charge in [0.25, 0.3) is 0 Å². The van der Waals surface area contributed by atoms with Gasteiger partial charge in [-0.15, -0.1) is 0 Å². The first-order valence-corrected chi connectivity index (χ1v) is 14.0. The van der Waals surface area contributed by atoms with Crippen LogP contribution >= 0.6 is 0 Å². The molecule has 1 fully saturated rings. The molecular formula is C30H48O9. The molecule has 0 aromatic heterocycles. The summed E-state index contributed by atoms with van der Waals surface area (Å²) in [5, 5.41) is 42.1. The maximum absolute atomic E-state index is 12.6. The van der Waals surface area contributed by atoms with Crippen LogP contribution < -0.4 is 0 Å². The Labute approximate surface area is 232 Å². The van der Waals surface area contributed by atoms with Gasteiger partial charge < -0.3 is 34.6 Å². The van der Waals surface area contributed by atoms with E-state index >= 15 is 0 Å². The summed E-state index contributed by atoms with van der Waals surface area (Å²) in [5.74, 6) is -1.69. The molecule has 2 rings (SSSR count). The van der Waals surface area contributed by atoms with Crippen molar-refractivity contribution in [1.82, 2.24) is 0 Å². The third-order valence-corrected chi connectivity index (χ3v) is 7.82. The molecule has 2 aliphatic rings. The highest BCUT2D eigenvalue weighted by molar-refractivity contribution is 5.70. The third kappa shape index (κ3) is 9.83. The van der Waals surface area contributed by atoms with Gasteiger partial charge in [0.05, 0.1) is 30.8 Å². The summed E-state index contributed by atoms with van der Waals surface area (Å²) in [6.07, 6.45) is 5.19. The zero-order chi connectivity index (χ0) is 29.5. The van der Waals surface area contributed by atoms with E-state index in [0.717, 1.165) is 5.57 Å². The van der Waals surface area contributed by atoms with Crippen molar-refractivity contribution in [3.63, 3.8) is 0 Å². The van der Waals surface area contributed by atoms with Gasteiger partial charge in [-0.3, -0.25) is 9.59 Å². The maximum atomic E-state index is 12.6. The summed E-state index contributed by atoms with van der Waals surface area (Å²) in [7, 11) is 0.